The average molecular weight is 334 g/mol. The molecule has 2 unspecified atom stereocenters. The Morgan fingerprint density at radius 1 is 1.38 bits per heavy atom. The number of hydrogen-bond acceptors (Lipinski definition) is 5. The fourth-order valence-corrected chi connectivity index (χ4v) is 3.62. The van der Waals surface area contributed by atoms with Gasteiger partial charge in [0, 0.05) is 19.6 Å². The molecule has 0 radical (unpaired) electrons. The molecule has 0 aromatic heterocycles. The van der Waals surface area contributed by atoms with Crippen LogP contribution in [-0.2, 0) is 16.0 Å². The zero-order valence-electron chi connectivity index (χ0n) is 13.9. The molecule has 1 aromatic carbocycles. The minimum absolute atomic E-state index is 0.0334. The van der Waals surface area contributed by atoms with E-state index in [0.717, 1.165) is 43.5 Å². The molecule has 1 aromatic rings. The predicted octanol–water partition coefficient (Wildman–Crippen LogP) is 0.621. The van der Waals surface area contributed by atoms with Gasteiger partial charge in [0.15, 0.2) is 0 Å². The van der Waals surface area contributed by atoms with Crippen molar-refractivity contribution in [1.29, 1.82) is 0 Å². The van der Waals surface area contributed by atoms with Crippen molar-refractivity contribution in [3.63, 3.8) is 0 Å². The molecular formula is C18H26N2O4. The smallest absolute Gasteiger partial charge is 0.227 e. The number of hydrogen-bond donors (Lipinski definition) is 3. The standard InChI is InChI=1S/C18H26N2O4/c21-12-14(11-20-6-8-24-9-7-20)19-18(23)17-3-1-2-13-10-15(22)4-5-16(13)17/h4-5,10,14,17,21-22H,1-3,6-9,11-12H2,(H,19,23). The number of fused-ring (bicyclic) bond motifs is 1. The number of aromatic hydroxyl groups is 1. The lowest BCUT2D eigenvalue weighted by Crippen LogP contribution is -2.50. The second-order valence-electron chi connectivity index (χ2n) is 6.63. The van der Waals surface area contributed by atoms with Crippen LogP contribution in [0.3, 0.4) is 0 Å². The van der Waals surface area contributed by atoms with Gasteiger partial charge in [-0.3, -0.25) is 9.69 Å². The third kappa shape index (κ3) is 4.06. The van der Waals surface area contributed by atoms with Gasteiger partial charge in [0.1, 0.15) is 5.75 Å². The maximum Gasteiger partial charge on any atom is 0.227 e. The lowest BCUT2D eigenvalue weighted by molar-refractivity contribution is -0.124. The Kier molecular flexibility index (Phi) is 5.71. The Labute approximate surface area is 142 Å². The third-order valence-electron chi connectivity index (χ3n) is 4.91. The summed E-state index contributed by atoms with van der Waals surface area (Å²) in [4.78, 5) is 14.9. The van der Waals surface area contributed by atoms with Crippen LogP contribution in [0.1, 0.15) is 29.9 Å². The molecule has 0 spiro atoms. The van der Waals surface area contributed by atoms with Gasteiger partial charge in [0.25, 0.3) is 0 Å². The molecule has 2 aliphatic rings. The minimum atomic E-state index is -0.266. The fourth-order valence-electron chi connectivity index (χ4n) is 3.62. The number of benzene rings is 1. The molecule has 0 saturated carbocycles. The number of phenolic OH excluding ortho intramolecular Hbond substituents is 1. The summed E-state index contributed by atoms with van der Waals surface area (Å²) in [7, 11) is 0. The van der Waals surface area contributed by atoms with Crippen molar-refractivity contribution < 1.29 is 19.7 Å². The molecular weight excluding hydrogens is 308 g/mol. The minimum Gasteiger partial charge on any atom is -0.508 e. The Hall–Kier alpha value is -1.63. The number of phenols is 1. The van der Waals surface area contributed by atoms with E-state index in [-0.39, 0.29) is 30.2 Å². The van der Waals surface area contributed by atoms with E-state index in [1.807, 2.05) is 6.07 Å². The molecule has 6 nitrogen and oxygen atoms in total. The van der Waals surface area contributed by atoms with Gasteiger partial charge < -0.3 is 20.3 Å². The maximum atomic E-state index is 12.7. The van der Waals surface area contributed by atoms with Crippen LogP contribution in [0.25, 0.3) is 0 Å². The quantitative estimate of drug-likeness (QED) is 0.735. The van der Waals surface area contributed by atoms with Crippen LogP contribution in [0.15, 0.2) is 18.2 Å². The number of amides is 1. The molecule has 132 valence electrons. The first-order valence-corrected chi connectivity index (χ1v) is 8.70. The first kappa shape index (κ1) is 17.2. The van der Waals surface area contributed by atoms with Crippen LogP contribution in [0.4, 0.5) is 0 Å². The summed E-state index contributed by atoms with van der Waals surface area (Å²) in [5.74, 6) is 0.0115. The second kappa shape index (κ2) is 7.96. The molecule has 3 N–H and O–H groups in total. The monoisotopic (exact) mass is 334 g/mol. The zero-order valence-corrected chi connectivity index (χ0v) is 13.9. The largest absolute Gasteiger partial charge is 0.508 e. The zero-order chi connectivity index (χ0) is 16.9. The molecule has 1 heterocycles. The van der Waals surface area contributed by atoms with Crippen LogP contribution in [0.2, 0.25) is 0 Å². The topological polar surface area (TPSA) is 82.0 Å². The number of ether oxygens (including phenoxy) is 1. The highest BCUT2D eigenvalue weighted by Crippen LogP contribution is 2.33. The van der Waals surface area contributed by atoms with Gasteiger partial charge in [-0.1, -0.05) is 6.07 Å². The predicted molar refractivity (Wildman–Crippen MR) is 90.1 cm³/mol. The SMILES string of the molecule is O=C(NC(CO)CN1CCOCC1)C1CCCc2cc(O)ccc21. The van der Waals surface area contributed by atoms with E-state index >= 15 is 0 Å². The highest BCUT2D eigenvalue weighted by Gasteiger charge is 2.28. The van der Waals surface area contributed by atoms with Gasteiger partial charge in [0.2, 0.25) is 5.91 Å². The van der Waals surface area contributed by atoms with Gasteiger partial charge in [0.05, 0.1) is 31.8 Å². The summed E-state index contributed by atoms with van der Waals surface area (Å²) in [6.45, 7) is 3.63. The summed E-state index contributed by atoms with van der Waals surface area (Å²) in [5.41, 5.74) is 2.05. The van der Waals surface area contributed by atoms with Crippen molar-refractivity contribution in [2.45, 2.75) is 31.2 Å². The highest BCUT2D eigenvalue weighted by atomic mass is 16.5. The Balaban J connectivity index is 1.63. The molecule has 6 heteroatoms. The van der Waals surface area contributed by atoms with Gasteiger partial charge >= 0.3 is 0 Å². The van der Waals surface area contributed by atoms with E-state index in [2.05, 4.69) is 10.2 Å². The molecule has 3 rings (SSSR count). The Morgan fingerprint density at radius 2 is 2.17 bits per heavy atom. The van der Waals surface area contributed by atoms with E-state index in [9.17, 15) is 15.0 Å². The van der Waals surface area contributed by atoms with E-state index in [0.29, 0.717) is 19.8 Å². The summed E-state index contributed by atoms with van der Waals surface area (Å²) in [5, 5.41) is 22.3. The molecule has 1 fully saturated rings. The number of aryl methyl sites for hydroxylation is 1. The highest BCUT2D eigenvalue weighted by molar-refractivity contribution is 5.84. The first-order chi connectivity index (χ1) is 11.7. The molecule has 2 atom stereocenters. The fraction of sp³-hybridized carbons (Fsp3) is 0.611. The van der Waals surface area contributed by atoms with E-state index in [1.165, 1.54) is 0 Å². The van der Waals surface area contributed by atoms with Gasteiger partial charge in [-0.05, 0) is 42.5 Å². The molecule has 1 saturated heterocycles. The average Bonchev–Trinajstić information content (AvgIpc) is 2.61. The third-order valence-corrected chi connectivity index (χ3v) is 4.91. The molecule has 24 heavy (non-hydrogen) atoms. The number of carbonyl (C=O) groups is 1. The summed E-state index contributed by atoms with van der Waals surface area (Å²) >= 11 is 0. The van der Waals surface area contributed by atoms with E-state index < -0.39 is 0 Å². The molecule has 0 bridgehead atoms. The lowest BCUT2D eigenvalue weighted by Gasteiger charge is -2.31. The number of carbonyl (C=O) groups excluding carboxylic acids is 1. The second-order valence-corrected chi connectivity index (χ2v) is 6.63. The van der Waals surface area contributed by atoms with Crippen LogP contribution in [0.5, 0.6) is 5.75 Å². The van der Waals surface area contributed by atoms with Crippen LogP contribution in [0, 0.1) is 0 Å². The lowest BCUT2D eigenvalue weighted by atomic mass is 9.82. The van der Waals surface area contributed by atoms with Crippen LogP contribution in [-0.4, -0.2) is 66.5 Å². The van der Waals surface area contributed by atoms with Crippen molar-refractivity contribution in [2.24, 2.45) is 0 Å². The summed E-state index contributed by atoms with van der Waals surface area (Å²) in [6, 6.07) is 4.98. The normalized spacial score (nSPS) is 22.6. The molecule has 1 amide bonds. The number of morpholine rings is 1. The van der Waals surface area contributed by atoms with E-state index in [1.54, 1.807) is 12.1 Å². The summed E-state index contributed by atoms with van der Waals surface area (Å²) in [6.07, 6.45) is 2.63. The number of nitrogens with one attached hydrogen (secondary N) is 1. The number of aliphatic hydroxyl groups excluding tert-OH is 1. The number of nitrogens with zero attached hydrogens (tertiary/aromatic N) is 1. The van der Waals surface area contributed by atoms with Crippen molar-refractivity contribution >= 4 is 5.91 Å². The summed E-state index contributed by atoms with van der Waals surface area (Å²) < 4.78 is 5.33. The van der Waals surface area contributed by atoms with Gasteiger partial charge in [-0.25, -0.2) is 0 Å². The van der Waals surface area contributed by atoms with Crippen molar-refractivity contribution in [2.75, 3.05) is 39.5 Å². The Bertz CT molecular complexity index is 572. The van der Waals surface area contributed by atoms with Crippen LogP contribution >= 0.6 is 0 Å². The molecule has 1 aliphatic heterocycles. The first-order valence-electron chi connectivity index (χ1n) is 8.70. The number of rotatable bonds is 5. The Morgan fingerprint density at radius 3 is 2.92 bits per heavy atom. The maximum absolute atomic E-state index is 12.7. The number of aliphatic hydroxyl groups is 1. The van der Waals surface area contributed by atoms with Gasteiger partial charge in [-0.2, -0.15) is 0 Å². The van der Waals surface area contributed by atoms with E-state index in [4.69, 9.17) is 4.74 Å². The van der Waals surface area contributed by atoms with Gasteiger partial charge in [-0.15, -0.1) is 0 Å². The van der Waals surface area contributed by atoms with Crippen molar-refractivity contribution in [1.82, 2.24) is 10.2 Å². The molecule has 1 aliphatic carbocycles. The van der Waals surface area contributed by atoms with Crippen LogP contribution < -0.4 is 5.32 Å². The van der Waals surface area contributed by atoms with Crippen molar-refractivity contribution in [3.8, 4) is 5.75 Å². The van der Waals surface area contributed by atoms with Crippen molar-refractivity contribution in [3.05, 3.63) is 29.3 Å².